The van der Waals surface area contributed by atoms with Crippen LogP contribution in [0.5, 0.6) is 0 Å². The molecule has 0 aromatic rings. The minimum atomic E-state index is -5.88. The highest BCUT2D eigenvalue weighted by Gasteiger charge is 2.76. The van der Waals surface area contributed by atoms with Gasteiger partial charge in [0.15, 0.2) is 0 Å². The molecular formula is C18H26F6N2O. The van der Waals surface area contributed by atoms with Crippen molar-refractivity contribution in [2.24, 2.45) is 16.4 Å². The van der Waals surface area contributed by atoms with Crippen LogP contribution < -0.4 is 0 Å². The van der Waals surface area contributed by atoms with E-state index in [0.29, 0.717) is 18.7 Å². The summed E-state index contributed by atoms with van der Waals surface area (Å²) in [5.74, 6) is -2.25. The molecule has 0 saturated carbocycles. The molecule has 0 radical (unpaired) electrons. The highest BCUT2D eigenvalue weighted by molar-refractivity contribution is 5.99. The number of halogens is 6. The van der Waals surface area contributed by atoms with Crippen molar-refractivity contribution in [2.75, 3.05) is 13.1 Å². The first-order valence-electron chi connectivity index (χ1n) is 9.06. The third kappa shape index (κ3) is 4.27. The zero-order valence-electron chi connectivity index (χ0n) is 15.7. The van der Waals surface area contributed by atoms with Crippen molar-refractivity contribution < 1.29 is 31.4 Å². The third-order valence-corrected chi connectivity index (χ3v) is 5.33. The van der Waals surface area contributed by atoms with Gasteiger partial charge >= 0.3 is 12.4 Å². The molecule has 0 amide bonds. The summed E-state index contributed by atoms with van der Waals surface area (Å²) in [4.78, 5) is 0. The molecule has 27 heavy (non-hydrogen) atoms. The first-order chi connectivity index (χ1) is 12.2. The lowest BCUT2D eigenvalue weighted by atomic mass is 9.61. The van der Waals surface area contributed by atoms with Gasteiger partial charge in [0.25, 0.3) is 5.60 Å². The largest absolute Gasteiger partial charge is 0.426 e. The summed E-state index contributed by atoms with van der Waals surface area (Å²) in [5, 5.41) is 15.8. The summed E-state index contributed by atoms with van der Waals surface area (Å²) in [6.45, 7) is 5.22. The van der Waals surface area contributed by atoms with Crippen molar-refractivity contribution in [3.8, 4) is 0 Å². The van der Waals surface area contributed by atoms with Gasteiger partial charge < -0.3 is 5.11 Å². The van der Waals surface area contributed by atoms with Crippen LogP contribution in [0.25, 0.3) is 0 Å². The standard InChI is InChI=1S/C18H26F6N2O/c1-12-10-13(25-26-8-6-4-5-7-9-26)14(15(2,3)11-12)16(27,17(19,20)21)18(22,23)24/h10,14,27H,4-9,11H2,1-3H3/b25-13+. The average Bonchev–Trinajstić information content (AvgIpc) is 2.71. The second-order valence-corrected chi connectivity index (χ2v) is 8.24. The molecule has 2 rings (SSSR count). The second-order valence-electron chi connectivity index (χ2n) is 8.24. The highest BCUT2D eigenvalue weighted by atomic mass is 19.4. The Morgan fingerprint density at radius 2 is 1.48 bits per heavy atom. The topological polar surface area (TPSA) is 35.8 Å². The Morgan fingerprint density at radius 3 is 1.93 bits per heavy atom. The van der Waals surface area contributed by atoms with E-state index in [-0.39, 0.29) is 12.1 Å². The third-order valence-electron chi connectivity index (χ3n) is 5.33. The minimum absolute atomic E-state index is 0.00512. The van der Waals surface area contributed by atoms with Gasteiger partial charge in [-0.1, -0.05) is 32.3 Å². The fourth-order valence-electron chi connectivity index (χ4n) is 4.28. The SMILES string of the molecule is CC1=C/C(=N\N2CCCCCC2)C(C(O)(C(F)(F)F)C(F)(F)F)C(C)(C)C1. The lowest BCUT2D eigenvalue weighted by Gasteiger charge is -2.48. The Morgan fingerprint density at radius 1 is 1.00 bits per heavy atom. The lowest BCUT2D eigenvalue weighted by molar-refractivity contribution is -0.385. The number of allylic oxidation sites excluding steroid dienone is 2. The Bertz CT molecular complexity index is 584. The molecule has 1 atom stereocenters. The quantitative estimate of drug-likeness (QED) is 0.658. The van der Waals surface area contributed by atoms with E-state index in [9.17, 15) is 31.4 Å². The molecule has 156 valence electrons. The molecular weight excluding hydrogens is 374 g/mol. The van der Waals surface area contributed by atoms with Crippen LogP contribution in [0.1, 0.15) is 52.9 Å². The van der Waals surface area contributed by atoms with Crippen molar-refractivity contribution in [1.29, 1.82) is 0 Å². The summed E-state index contributed by atoms with van der Waals surface area (Å²) in [6, 6.07) is 0. The van der Waals surface area contributed by atoms with Gasteiger partial charge in [0.2, 0.25) is 0 Å². The normalized spacial score (nSPS) is 26.7. The molecule has 2 aliphatic rings. The Labute approximate surface area is 155 Å². The monoisotopic (exact) mass is 400 g/mol. The van der Waals surface area contributed by atoms with Gasteiger partial charge in [-0.25, -0.2) is 0 Å². The molecule has 1 heterocycles. The van der Waals surface area contributed by atoms with Crippen molar-refractivity contribution >= 4 is 5.71 Å². The molecule has 0 aromatic heterocycles. The number of aliphatic hydroxyl groups is 1. The number of rotatable bonds is 2. The second kappa shape index (κ2) is 7.29. The fourth-order valence-corrected chi connectivity index (χ4v) is 4.28. The molecule has 1 fully saturated rings. The summed E-state index contributed by atoms with van der Waals surface area (Å²) in [7, 11) is 0. The summed E-state index contributed by atoms with van der Waals surface area (Å²) in [6.07, 6.45) is -7.06. The van der Waals surface area contributed by atoms with Crippen molar-refractivity contribution in [3.05, 3.63) is 11.6 Å². The van der Waals surface area contributed by atoms with Crippen molar-refractivity contribution in [2.45, 2.75) is 70.8 Å². The number of hydrazone groups is 1. The molecule has 1 saturated heterocycles. The van der Waals surface area contributed by atoms with Gasteiger partial charge in [0, 0.05) is 13.1 Å². The van der Waals surface area contributed by atoms with Crippen LogP contribution in [0.15, 0.2) is 16.8 Å². The molecule has 1 aliphatic heterocycles. The van der Waals surface area contributed by atoms with Gasteiger partial charge in [-0.15, -0.1) is 0 Å². The van der Waals surface area contributed by atoms with E-state index in [2.05, 4.69) is 5.10 Å². The summed E-state index contributed by atoms with van der Waals surface area (Å²) >= 11 is 0. The predicted molar refractivity (Wildman–Crippen MR) is 90.2 cm³/mol. The first kappa shape index (κ1) is 22.0. The van der Waals surface area contributed by atoms with E-state index in [1.54, 1.807) is 6.92 Å². The molecule has 1 unspecified atom stereocenters. The molecule has 3 nitrogen and oxygen atoms in total. The summed E-state index contributed by atoms with van der Waals surface area (Å²) in [5.41, 5.74) is -6.08. The van der Waals surface area contributed by atoms with Crippen LogP contribution in [-0.4, -0.2) is 46.9 Å². The molecule has 0 bridgehead atoms. The van der Waals surface area contributed by atoms with Crippen LogP contribution in [0, 0.1) is 11.3 Å². The van der Waals surface area contributed by atoms with Gasteiger partial charge in [-0.2, -0.15) is 31.4 Å². The number of hydrogen-bond donors (Lipinski definition) is 1. The number of nitrogens with zero attached hydrogens (tertiary/aromatic N) is 2. The van der Waals surface area contributed by atoms with Crippen LogP contribution in [0.2, 0.25) is 0 Å². The van der Waals surface area contributed by atoms with E-state index < -0.39 is 29.3 Å². The molecule has 0 spiro atoms. The zero-order valence-corrected chi connectivity index (χ0v) is 15.7. The van der Waals surface area contributed by atoms with E-state index in [4.69, 9.17) is 0 Å². The van der Waals surface area contributed by atoms with E-state index in [1.165, 1.54) is 24.9 Å². The number of alkyl halides is 6. The number of hydrogen-bond acceptors (Lipinski definition) is 3. The predicted octanol–water partition coefficient (Wildman–Crippen LogP) is 5.07. The smallest absolute Gasteiger partial charge is 0.373 e. The van der Waals surface area contributed by atoms with Gasteiger partial charge in [0.05, 0.1) is 11.6 Å². The van der Waals surface area contributed by atoms with Crippen LogP contribution in [-0.2, 0) is 0 Å². The first-order valence-corrected chi connectivity index (χ1v) is 9.06. The van der Waals surface area contributed by atoms with Crippen molar-refractivity contribution in [1.82, 2.24) is 5.01 Å². The summed E-state index contributed by atoms with van der Waals surface area (Å²) < 4.78 is 81.5. The lowest BCUT2D eigenvalue weighted by Crippen LogP contribution is -2.67. The van der Waals surface area contributed by atoms with Crippen LogP contribution in [0.3, 0.4) is 0 Å². The van der Waals surface area contributed by atoms with Gasteiger partial charge in [0.1, 0.15) is 0 Å². The fraction of sp³-hybridized carbons (Fsp3) is 0.833. The highest BCUT2D eigenvalue weighted by Crippen LogP contribution is 2.56. The maximum absolute atomic E-state index is 13.6. The maximum atomic E-state index is 13.6. The molecule has 0 aromatic carbocycles. The average molecular weight is 400 g/mol. The van der Waals surface area contributed by atoms with Crippen LogP contribution >= 0.6 is 0 Å². The molecule has 1 aliphatic carbocycles. The zero-order chi connectivity index (χ0) is 20.7. The maximum Gasteiger partial charge on any atom is 0.426 e. The Kier molecular flexibility index (Phi) is 5.95. The minimum Gasteiger partial charge on any atom is -0.373 e. The Balaban J connectivity index is 2.62. The van der Waals surface area contributed by atoms with Gasteiger partial charge in [-0.3, -0.25) is 5.01 Å². The van der Waals surface area contributed by atoms with E-state index in [0.717, 1.165) is 25.7 Å². The van der Waals surface area contributed by atoms with E-state index in [1.807, 2.05) is 0 Å². The van der Waals surface area contributed by atoms with Gasteiger partial charge in [-0.05, 0) is 37.7 Å². The van der Waals surface area contributed by atoms with Crippen molar-refractivity contribution in [3.63, 3.8) is 0 Å². The van der Waals surface area contributed by atoms with Crippen LogP contribution in [0.4, 0.5) is 26.3 Å². The molecule has 9 heteroatoms. The molecule has 1 N–H and O–H groups in total. The Hall–Kier alpha value is -1.25. The van der Waals surface area contributed by atoms with E-state index >= 15 is 0 Å².